The summed E-state index contributed by atoms with van der Waals surface area (Å²) in [6, 6.07) is 14.9. The standard InChI is InChI=1S/C23H25FN2O.C4H8/c1-15(20-13-25-22-12-18(24)9-10-19(20)22)11-21(17-7-8-17)26-23(14-27)16-5-3-2-4-6-16;1-4(2)3/h2-6,9-10,12-13,15,23,25-27H,7-8,11,14H2,1H3;1H2,2-3H3. The molecule has 1 aromatic heterocycles. The summed E-state index contributed by atoms with van der Waals surface area (Å²) in [5.41, 5.74) is 6.98. The van der Waals surface area contributed by atoms with E-state index in [0.717, 1.165) is 35.7 Å². The normalized spacial score (nSPS) is 14.4. The molecule has 0 saturated heterocycles. The van der Waals surface area contributed by atoms with E-state index in [9.17, 15) is 9.50 Å². The Morgan fingerprint density at radius 1 is 1.16 bits per heavy atom. The number of benzene rings is 2. The molecule has 31 heavy (non-hydrogen) atoms. The highest BCUT2D eigenvalue weighted by molar-refractivity contribution is 5.83. The van der Waals surface area contributed by atoms with Crippen LogP contribution in [0.5, 0.6) is 0 Å². The van der Waals surface area contributed by atoms with Crippen molar-refractivity contribution in [3.63, 3.8) is 0 Å². The lowest BCUT2D eigenvalue weighted by Crippen LogP contribution is -2.25. The fraction of sp³-hybridized carbons (Fsp3) is 0.333. The smallest absolute Gasteiger partial charge is 0.125 e. The van der Waals surface area contributed by atoms with E-state index in [4.69, 9.17) is 0 Å². The van der Waals surface area contributed by atoms with Crippen molar-refractivity contribution in [1.29, 1.82) is 0 Å². The molecule has 1 aliphatic rings. The lowest BCUT2D eigenvalue weighted by atomic mass is 9.94. The number of hydrogen-bond acceptors (Lipinski definition) is 2. The maximum Gasteiger partial charge on any atom is 0.125 e. The average molecular weight is 421 g/mol. The Bertz CT molecular complexity index is 1040. The van der Waals surface area contributed by atoms with E-state index in [-0.39, 0.29) is 24.4 Å². The molecule has 2 atom stereocenters. The van der Waals surface area contributed by atoms with Gasteiger partial charge in [0.25, 0.3) is 0 Å². The third-order valence-corrected chi connectivity index (χ3v) is 5.38. The molecular weight excluding hydrogens is 387 g/mol. The van der Waals surface area contributed by atoms with E-state index in [1.165, 1.54) is 28.5 Å². The summed E-state index contributed by atoms with van der Waals surface area (Å²) in [6.07, 6.45) is 5.12. The third-order valence-electron chi connectivity index (χ3n) is 5.38. The van der Waals surface area contributed by atoms with Crippen LogP contribution in [0.25, 0.3) is 10.9 Å². The van der Waals surface area contributed by atoms with E-state index < -0.39 is 0 Å². The monoisotopic (exact) mass is 420 g/mol. The Morgan fingerprint density at radius 3 is 2.45 bits per heavy atom. The largest absolute Gasteiger partial charge is 0.394 e. The first-order chi connectivity index (χ1) is 14.9. The van der Waals surface area contributed by atoms with Crippen LogP contribution in [0.2, 0.25) is 0 Å². The summed E-state index contributed by atoms with van der Waals surface area (Å²) in [6.45, 7) is 9.76. The van der Waals surface area contributed by atoms with Gasteiger partial charge in [0.1, 0.15) is 5.82 Å². The molecule has 0 amide bonds. The average Bonchev–Trinajstić information content (AvgIpc) is 3.50. The molecule has 2 unspecified atom stereocenters. The molecule has 164 valence electrons. The Balaban J connectivity index is 0.000000628. The maximum atomic E-state index is 13.5. The van der Waals surface area contributed by atoms with Crippen molar-refractivity contribution in [2.45, 2.75) is 52.0 Å². The van der Waals surface area contributed by atoms with Crippen molar-refractivity contribution in [2.75, 3.05) is 6.61 Å². The molecule has 1 aliphatic carbocycles. The maximum absolute atomic E-state index is 13.5. The van der Waals surface area contributed by atoms with Gasteiger partial charge in [-0.1, -0.05) is 48.4 Å². The Kier molecular flexibility index (Phi) is 7.69. The Morgan fingerprint density at radius 2 is 1.84 bits per heavy atom. The van der Waals surface area contributed by atoms with Crippen molar-refractivity contribution in [3.8, 4) is 0 Å². The van der Waals surface area contributed by atoms with Gasteiger partial charge in [0.2, 0.25) is 0 Å². The lowest BCUT2D eigenvalue weighted by Gasteiger charge is -2.23. The molecule has 1 saturated carbocycles. The van der Waals surface area contributed by atoms with Crippen LogP contribution >= 0.6 is 0 Å². The first-order valence-electron chi connectivity index (χ1n) is 10.9. The molecule has 3 aromatic rings. The second kappa shape index (κ2) is 10.5. The quantitative estimate of drug-likeness (QED) is 0.370. The van der Waals surface area contributed by atoms with Crippen LogP contribution < -0.4 is 5.32 Å². The van der Waals surface area contributed by atoms with E-state index in [2.05, 4.69) is 23.8 Å². The predicted molar refractivity (Wildman–Crippen MR) is 127 cm³/mol. The van der Waals surface area contributed by atoms with Crippen molar-refractivity contribution in [1.82, 2.24) is 10.3 Å². The highest BCUT2D eigenvalue weighted by Crippen LogP contribution is 2.37. The second-order valence-corrected chi connectivity index (χ2v) is 8.62. The molecule has 2 aromatic carbocycles. The van der Waals surface area contributed by atoms with E-state index >= 15 is 0 Å². The number of aromatic nitrogens is 1. The van der Waals surface area contributed by atoms with Gasteiger partial charge in [-0.25, -0.2) is 4.39 Å². The molecule has 1 fully saturated rings. The van der Waals surface area contributed by atoms with Crippen LogP contribution in [0.1, 0.15) is 63.1 Å². The van der Waals surface area contributed by atoms with Gasteiger partial charge in [-0.2, -0.15) is 0 Å². The zero-order valence-corrected chi connectivity index (χ0v) is 18.7. The molecule has 0 aliphatic heterocycles. The number of rotatable bonds is 7. The van der Waals surface area contributed by atoms with Gasteiger partial charge in [-0.05, 0) is 68.4 Å². The zero-order valence-electron chi connectivity index (χ0n) is 18.7. The van der Waals surface area contributed by atoms with Gasteiger partial charge in [-0.15, -0.1) is 6.58 Å². The van der Waals surface area contributed by atoms with Gasteiger partial charge >= 0.3 is 0 Å². The lowest BCUT2D eigenvalue weighted by molar-refractivity contribution is 0.250. The summed E-state index contributed by atoms with van der Waals surface area (Å²) >= 11 is 0. The van der Waals surface area contributed by atoms with Gasteiger partial charge < -0.3 is 15.4 Å². The van der Waals surface area contributed by atoms with Crippen LogP contribution in [0.4, 0.5) is 4.39 Å². The molecule has 0 bridgehead atoms. The van der Waals surface area contributed by atoms with E-state index in [0.29, 0.717) is 0 Å². The van der Waals surface area contributed by atoms with E-state index in [1.807, 2.05) is 56.4 Å². The SMILES string of the molecule is C=C(C)C.CC(CC(NC(CO)c1ccccc1)=C1CC1)c1c[nH]c2cc(F)ccc12. The number of halogens is 1. The number of H-pyrrole nitrogens is 1. The number of aromatic amines is 1. The van der Waals surface area contributed by atoms with Crippen molar-refractivity contribution >= 4 is 10.9 Å². The van der Waals surface area contributed by atoms with Gasteiger partial charge in [-0.3, -0.25) is 0 Å². The molecule has 3 nitrogen and oxygen atoms in total. The summed E-state index contributed by atoms with van der Waals surface area (Å²) in [5, 5.41) is 14.6. The van der Waals surface area contributed by atoms with E-state index in [1.54, 1.807) is 6.07 Å². The molecule has 4 rings (SSSR count). The topological polar surface area (TPSA) is 48.0 Å². The fourth-order valence-corrected chi connectivity index (χ4v) is 3.74. The molecule has 1 heterocycles. The number of hydrogen-bond donors (Lipinski definition) is 3. The minimum Gasteiger partial charge on any atom is -0.394 e. The third kappa shape index (κ3) is 6.31. The zero-order chi connectivity index (χ0) is 22.4. The highest BCUT2D eigenvalue weighted by Gasteiger charge is 2.23. The fourth-order valence-electron chi connectivity index (χ4n) is 3.74. The van der Waals surface area contributed by atoms with Gasteiger partial charge in [0.15, 0.2) is 0 Å². The number of aliphatic hydroxyl groups is 1. The first-order valence-corrected chi connectivity index (χ1v) is 10.9. The van der Waals surface area contributed by atoms with Crippen molar-refractivity contribution < 1.29 is 9.50 Å². The summed E-state index contributed by atoms with van der Waals surface area (Å²) in [7, 11) is 0. The Labute approximate surface area is 184 Å². The second-order valence-electron chi connectivity index (χ2n) is 8.62. The van der Waals surface area contributed by atoms with Gasteiger partial charge in [0.05, 0.1) is 12.6 Å². The van der Waals surface area contributed by atoms with Crippen LogP contribution in [-0.4, -0.2) is 16.7 Å². The number of nitrogens with one attached hydrogen (secondary N) is 2. The highest BCUT2D eigenvalue weighted by atomic mass is 19.1. The van der Waals surface area contributed by atoms with Crippen molar-refractivity contribution in [2.24, 2.45) is 0 Å². The van der Waals surface area contributed by atoms with Crippen LogP contribution in [0, 0.1) is 5.82 Å². The number of aliphatic hydroxyl groups excluding tert-OH is 1. The summed E-state index contributed by atoms with van der Waals surface area (Å²) < 4.78 is 13.5. The van der Waals surface area contributed by atoms with Gasteiger partial charge in [0, 0.05) is 22.8 Å². The minimum absolute atomic E-state index is 0.0571. The molecule has 3 N–H and O–H groups in total. The van der Waals surface area contributed by atoms with Crippen LogP contribution in [0.15, 0.2) is 78.1 Å². The summed E-state index contributed by atoms with van der Waals surface area (Å²) in [4.78, 5) is 3.19. The molecule has 0 radical (unpaired) electrons. The number of allylic oxidation sites excluding steroid dienone is 3. The molecular formula is C27H33FN2O. The molecule has 4 heteroatoms. The summed E-state index contributed by atoms with van der Waals surface area (Å²) in [5.74, 6) is 0.0644. The first kappa shape index (κ1) is 22.8. The van der Waals surface area contributed by atoms with Crippen molar-refractivity contribution in [3.05, 3.63) is 95.1 Å². The van der Waals surface area contributed by atoms with Crippen LogP contribution in [0.3, 0.4) is 0 Å². The Hall–Kier alpha value is -2.85. The predicted octanol–water partition coefficient (Wildman–Crippen LogP) is 6.75. The minimum atomic E-state index is -0.223. The van der Waals surface area contributed by atoms with Crippen LogP contribution in [-0.2, 0) is 0 Å². The molecule has 0 spiro atoms. The number of fused-ring (bicyclic) bond motifs is 1.